The van der Waals surface area contributed by atoms with Crippen molar-refractivity contribution in [2.45, 2.75) is 32.7 Å². The number of nitrogens with two attached hydrogens (primary N) is 1. The summed E-state index contributed by atoms with van der Waals surface area (Å²) in [5.41, 5.74) is 9.04. The van der Waals surface area contributed by atoms with Crippen molar-refractivity contribution >= 4 is 11.7 Å². The number of aryl methyl sites for hydroxylation is 2. The first-order valence-corrected chi connectivity index (χ1v) is 6.44. The quantitative estimate of drug-likeness (QED) is 0.842. The van der Waals surface area contributed by atoms with Crippen LogP contribution in [-0.2, 0) is 0 Å². The third-order valence-electron chi connectivity index (χ3n) is 3.68. The van der Waals surface area contributed by atoms with Gasteiger partial charge in [-0.15, -0.1) is 0 Å². The Morgan fingerprint density at radius 3 is 2.50 bits per heavy atom. The molecule has 0 saturated carbocycles. The average molecular weight is 247 g/mol. The lowest BCUT2D eigenvalue weighted by atomic mass is 10.0. The number of benzene rings is 1. The number of hydrogen-bond acceptors (Lipinski definition) is 2. The van der Waals surface area contributed by atoms with Gasteiger partial charge in [-0.25, -0.2) is 4.79 Å². The molecule has 0 bridgehead atoms. The van der Waals surface area contributed by atoms with Gasteiger partial charge in [-0.3, -0.25) is 0 Å². The molecule has 3 N–H and O–H groups in total. The highest BCUT2D eigenvalue weighted by molar-refractivity contribution is 5.72. The Morgan fingerprint density at radius 1 is 1.28 bits per heavy atom. The Hall–Kier alpha value is -1.71. The lowest BCUT2D eigenvalue weighted by Gasteiger charge is -2.31. The molecule has 1 aliphatic rings. The third-order valence-corrected chi connectivity index (χ3v) is 3.68. The predicted octanol–water partition coefficient (Wildman–Crippen LogP) is 2.26. The molecule has 0 radical (unpaired) electrons. The van der Waals surface area contributed by atoms with Crippen LogP contribution in [0, 0.1) is 13.8 Å². The van der Waals surface area contributed by atoms with Crippen molar-refractivity contribution in [2.75, 3.05) is 18.4 Å². The maximum absolute atomic E-state index is 11.0. The van der Waals surface area contributed by atoms with Crippen LogP contribution in [0.5, 0.6) is 0 Å². The van der Waals surface area contributed by atoms with Crippen molar-refractivity contribution in [1.82, 2.24) is 4.90 Å². The fraction of sp³-hybridized carbons (Fsp3) is 0.500. The molecule has 1 saturated heterocycles. The number of carbonyl (C=O) groups excluding carboxylic acids is 1. The largest absolute Gasteiger partial charge is 0.382 e. The van der Waals surface area contributed by atoms with E-state index in [2.05, 4.69) is 37.4 Å². The summed E-state index contributed by atoms with van der Waals surface area (Å²) >= 11 is 0. The first-order chi connectivity index (χ1) is 8.56. The zero-order chi connectivity index (χ0) is 13.1. The summed E-state index contributed by atoms with van der Waals surface area (Å²) in [6.07, 6.45) is 1.91. The van der Waals surface area contributed by atoms with Crippen molar-refractivity contribution in [1.29, 1.82) is 0 Å². The van der Waals surface area contributed by atoms with Crippen LogP contribution < -0.4 is 11.1 Å². The molecule has 4 heteroatoms. The SMILES string of the molecule is Cc1ccc(NC2CCN(C(N)=O)CC2)cc1C. The molecular weight excluding hydrogens is 226 g/mol. The van der Waals surface area contributed by atoms with Gasteiger partial charge in [-0.1, -0.05) is 6.07 Å². The minimum absolute atomic E-state index is 0.306. The number of amides is 2. The van der Waals surface area contributed by atoms with E-state index < -0.39 is 0 Å². The van der Waals surface area contributed by atoms with Gasteiger partial charge in [0.05, 0.1) is 0 Å². The van der Waals surface area contributed by atoms with Gasteiger partial charge < -0.3 is 16.0 Å². The van der Waals surface area contributed by atoms with Gasteiger partial charge in [-0.05, 0) is 49.9 Å². The van der Waals surface area contributed by atoms with E-state index in [1.54, 1.807) is 4.90 Å². The van der Waals surface area contributed by atoms with Crippen LogP contribution in [0.3, 0.4) is 0 Å². The number of urea groups is 1. The highest BCUT2D eigenvalue weighted by atomic mass is 16.2. The lowest BCUT2D eigenvalue weighted by Crippen LogP contribution is -2.44. The number of hydrogen-bond donors (Lipinski definition) is 2. The van der Waals surface area contributed by atoms with Crippen LogP contribution in [0.2, 0.25) is 0 Å². The molecule has 4 nitrogen and oxygen atoms in total. The molecule has 1 fully saturated rings. The third kappa shape index (κ3) is 2.94. The Morgan fingerprint density at radius 2 is 1.94 bits per heavy atom. The average Bonchev–Trinajstić information content (AvgIpc) is 2.34. The first-order valence-electron chi connectivity index (χ1n) is 6.44. The van der Waals surface area contributed by atoms with Gasteiger partial charge in [0, 0.05) is 24.8 Å². The zero-order valence-corrected chi connectivity index (χ0v) is 11.1. The number of anilines is 1. The van der Waals surface area contributed by atoms with Crippen LogP contribution in [0.1, 0.15) is 24.0 Å². The Balaban J connectivity index is 1.91. The minimum atomic E-state index is -0.306. The van der Waals surface area contributed by atoms with E-state index in [4.69, 9.17) is 5.73 Å². The molecule has 1 aliphatic heterocycles. The predicted molar refractivity (Wildman–Crippen MR) is 73.7 cm³/mol. The second kappa shape index (κ2) is 5.29. The molecule has 2 amide bonds. The summed E-state index contributed by atoms with van der Waals surface area (Å²) < 4.78 is 0. The molecule has 1 aromatic rings. The Bertz CT molecular complexity index is 437. The maximum Gasteiger partial charge on any atom is 0.314 e. The molecule has 0 aromatic heterocycles. The zero-order valence-electron chi connectivity index (χ0n) is 11.1. The highest BCUT2D eigenvalue weighted by Crippen LogP contribution is 2.19. The van der Waals surface area contributed by atoms with E-state index in [1.165, 1.54) is 11.1 Å². The van der Waals surface area contributed by atoms with E-state index in [-0.39, 0.29) is 6.03 Å². The van der Waals surface area contributed by atoms with Crippen LogP contribution in [0.15, 0.2) is 18.2 Å². The van der Waals surface area contributed by atoms with Gasteiger partial charge in [0.15, 0.2) is 0 Å². The van der Waals surface area contributed by atoms with Crippen molar-refractivity contribution < 1.29 is 4.79 Å². The number of likely N-dealkylation sites (tertiary alicyclic amines) is 1. The van der Waals surface area contributed by atoms with Crippen LogP contribution in [-0.4, -0.2) is 30.1 Å². The summed E-state index contributed by atoms with van der Waals surface area (Å²) in [5.74, 6) is 0. The molecule has 0 unspecified atom stereocenters. The summed E-state index contributed by atoms with van der Waals surface area (Å²) in [6.45, 7) is 5.73. The minimum Gasteiger partial charge on any atom is -0.382 e. The van der Waals surface area contributed by atoms with Gasteiger partial charge in [0.2, 0.25) is 0 Å². The molecule has 0 aliphatic carbocycles. The lowest BCUT2D eigenvalue weighted by molar-refractivity contribution is 0.193. The standard InChI is InChI=1S/C14H21N3O/c1-10-3-4-13(9-11(10)2)16-12-5-7-17(8-6-12)14(15)18/h3-4,9,12,16H,5-8H2,1-2H3,(H2,15,18). The van der Waals surface area contributed by atoms with Crippen molar-refractivity contribution in [3.05, 3.63) is 29.3 Å². The second-order valence-electron chi connectivity index (χ2n) is 5.04. The normalized spacial score (nSPS) is 16.7. The summed E-state index contributed by atoms with van der Waals surface area (Å²) in [5, 5.41) is 3.53. The van der Waals surface area contributed by atoms with E-state index in [9.17, 15) is 4.79 Å². The smallest absolute Gasteiger partial charge is 0.314 e. The van der Waals surface area contributed by atoms with Gasteiger partial charge >= 0.3 is 6.03 Å². The molecule has 1 aromatic carbocycles. The number of carbonyl (C=O) groups is 1. The van der Waals surface area contributed by atoms with Crippen LogP contribution >= 0.6 is 0 Å². The summed E-state index contributed by atoms with van der Waals surface area (Å²) in [7, 11) is 0. The first kappa shape index (κ1) is 12.7. The monoisotopic (exact) mass is 247 g/mol. The van der Waals surface area contributed by atoms with Crippen molar-refractivity contribution in [3.63, 3.8) is 0 Å². The topological polar surface area (TPSA) is 58.4 Å². The molecule has 1 heterocycles. The maximum atomic E-state index is 11.0. The van der Waals surface area contributed by atoms with Gasteiger partial charge in [-0.2, -0.15) is 0 Å². The van der Waals surface area contributed by atoms with E-state index in [0.717, 1.165) is 31.6 Å². The molecule has 98 valence electrons. The van der Waals surface area contributed by atoms with Gasteiger partial charge in [0.25, 0.3) is 0 Å². The number of primary amides is 1. The van der Waals surface area contributed by atoms with E-state index in [1.807, 2.05) is 0 Å². The van der Waals surface area contributed by atoms with Crippen molar-refractivity contribution in [3.8, 4) is 0 Å². The summed E-state index contributed by atoms with van der Waals surface area (Å²) in [4.78, 5) is 12.7. The second-order valence-corrected chi connectivity index (χ2v) is 5.04. The van der Waals surface area contributed by atoms with Crippen LogP contribution in [0.4, 0.5) is 10.5 Å². The Labute approximate surface area is 108 Å². The number of rotatable bonds is 2. The van der Waals surface area contributed by atoms with Crippen LogP contribution in [0.25, 0.3) is 0 Å². The van der Waals surface area contributed by atoms with Crippen molar-refractivity contribution in [2.24, 2.45) is 5.73 Å². The number of piperidine rings is 1. The molecule has 2 rings (SSSR count). The fourth-order valence-electron chi connectivity index (χ4n) is 2.31. The Kier molecular flexibility index (Phi) is 3.75. The molecule has 0 spiro atoms. The van der Waals surface area contributed by atoms with E-state index >= 15 is 0 Å². The number of nitrogens with zero attached hydrogens (tertiary/aromatic N) is 1. The molecule has 18 heavy (non-hydrogen) atoms. The van der Waals surface area contributed by atoms with E-state index in [0.29, 0.717) is 6.04 Å². The number of nitrogens with one attached hydrogen (secondary N) is 1. The fourth-order valence-corrected chi connectivity index (χ4v) is 2.31. The highest BCUT2D eigenvalue weighted by Gasteiger charge is 2.20. The molecule has 0 atom stereocenters. The molecular formula is C14H21N3O. The van der Waals surface area contributed by atoms with Gasteiger partial charge in [0.1, 0.15) is 0 Å². The summed E-state index contributed by atoms with van der Waals surface area (Å²) in [6, 6.07) is 6.55.